The first-order valence-corrected chi connectivity index (χ1v) is 6.83. The van der Waals surface area contributed by atoms with Crippen LogP contribution in [-0.2, 0) is 0 Å². The zero-order valence-corrected chi connectivity index (χ0v) is 11.3. The molecule has 0 saturated carbocycles. The zero-order valence-electron chi connectivity index (χ0n) is 9.83. The first-order valence-electron chi connectivity index (χ1n) is 5.92. The number of carbonyl (C=O) groups is 1. The van der Waals surface area contributed by atoms with Gasteiger partial charge in [-0.25, -0.2) is 4.39 Å². The summed E-state index contributed by atoms with van der Waals surface area (Å²) in [5.74, 6) is 0.257. The van der Waals surface area contributed by atoms with Crippen molar-refractivity contribution in [1.29, 1.82) is 0 Å². The highest BCUT2D eigenvalue weighted by Crippen LogP contribution is 2.22. The van der Waals surface area contributed by atoms with Gasteiger partial charge in [0.1, 0.15) is 5.82 Å². The van der Waals surface area contributed by atoms with Crippen molar-refractivity contribution < 1.29 is 9.18 Å². The van der Waals surface area contributed by atoms with Gasteiger partial charge >= 0.3 is 0 Å². The van der Waals surface area contributed by atoms with E-state index in [9.17, 15) is 9.18 Å². The average molecular weight is 290 g/mol. The monoisotopic (exact) mass is 289 g/mol. The molecule has 0 bridgehead atoms. The Morgan fingerprint density at radius 1 is 1.39 bits per heavy atom. The van der Waals surface area contributed by atoms with Crippen molar-refractivity contribution >= 4 is 29.1 Å². The minimum absolute atomic E-state index is 0.0868. The number of rotatable bonds is 2. The zero-order chi connectivity index (χ0) is 13.1. The van der Waals surface area contributed by atoms with Crippen molar-refractivity contribution in [3.63, 3.8) is 0 Å². The van der Waals surface area contributed by atoms with Crippen LogP contribution in [0.1, 0.15) is 23.2 Å². The molecule has 5 heteroatoms. The SMILES string of the molecule is O=C(c1ccc(Cl)cc1F)N1CCC(CCl)CC1. The fourth-order valence-electron chi connectivity index (χ4n) is 2.12. The number of halogens is 3. The van der Waals surface area contributed by atoms with E-state index >= 15 is 0 Å². The first-order chi connectivity index (χ1) is 8.61. The second kappa shape index (κ2) is 5.89. The molecule has 1 fully saturated rings. The summed E-state index contributed by atoms with van der Waals surface area (Å²) in [6.07, 6.45) is 1.76. The van der Waals surface area contributed by atoms with Gasteiger partial charge in [-0.05, 0) is 37.0 Å². The summed E-state index contributed by atoms with van der Waals surface area (Å²) in [4.78, 5) is 13.8. The van der Waals surface area contributed by atoms with Crippen molar-refractivity contribution in [1.82, 2.24) is 4.90 Å². The molecule has 0 aliphatic carbocycles. The maximum Gasteiger partial charge on any atom is 0.256 e. The van der Waals surface area contributed by atoms with Crippen LogP contribution < -0.4 is 0 Å². The Labute approximate surface area is 116 Å². The van der Waals surface area contributed by atoms with Crippen molar-refractivity contribution in [2.45, 2.75) is 12.8 Å². The number of carbonyl (C=O) groups excluding carboxylic acids is 1. The molecule has 1 heterocycles. The first kappa shape index (κ1) is 13.6. The van der Waals surface area contributed by atoms with Crippen LogP contribution in [0.5, 0.6) is 0 Å². The summed E-state index contributed by atoms with van der Waals surface area (Å²) < 4.78 is 13.6. The van der Waals surface area contributed by atoms with Crippen LogP contribution in [0.3, 0.4) is 0 Å². The Kier molecular flexibility index (Phi) is 4.46. The molecule has 2 rings (SSSR count). The number of amides is 1. The van der Waals surface area contributed by atoms with Crippen LogP contribution in [0.15, 0.2) is 18.2 Å². The van der Waals surface area contributed by atoms with Gasteiger partial charge in [0, 0.05) is 24.0 Å². The number of piperidine rings is 1. The molecule has 1 aliphatic heterocycles. The summed E-state index contributed by atoms with van der Waals surface area (Å²) in [5, 5.41) is 0.296. The molecule has 0 radical (unpaired) electrons. The Hall–Kier alpha value is -0.800. The van der Waals surface area contributed by atoms with Gasteiger partial charge in [0.15, 0.2) is 0 Å². The van der Waals surface area contributed by atoms with E-state index in [1.807, 2.05) is 0 Å². The molecule has 0 unspecified atom stereocenters. The predicted octanol–water partition coefficient (Wildman–Crippen LogP) is 3.57. The lowest BCUT2D eigenvalue weighted by Gasteiger charge is -2.31. The van der Waals surface area contributed by atoms with Gasteiger partial charge in [-0.3, -0.25) is 4.79 Å². The molecule has 1 aromatic carbocycles. The molecular formula is C13H14Cl2FNO. The normalized spacial score (nSPS) is 16.9. The van der Waals surface area contributed by atoms with Gasteiger partial charge in [-0.15, -0.1) is 11.6 Å². The summed E-state index contributed by atoms with van der Waals surface area (Å²) >= 11 is 11.5. The average Bonchev–Trinajstić information content (AvgIpc) is 2.38. The Morgan fingerprint density at radius 3 is 2.61 bits per heavy atom. The van der Waals surface area contributed by atoms with E-state index in [1.165, 1.54) is 18.2 Å². The highest BCUT2D eigenvalue weighted by molar-refractivity contribution is 6.30. The van der Waals surface area contributed by atoms with Crippen molar-refractivity contribution in [2.24, 2.45) is 5.92 Å². The van der Waals surface area contributed by atoms with Crippen LogP contribution in [0.4, 0.5) is 4.39 Å². The summed E-state index contributed by atoms with van der Waals surface area (Å²) in [5.41, 5.74) is 0.0868. The fourth-order valence-corrected chi connectivity index (χ4v) is 2.59. The third kappa shape index (κ3) is 2.96. The lowest BCUT2D eigenvalue weighted by atomic mass is 9.98. The molecule has 1 amide bonds. The predicted molar refractivity (Wildman–Crippen MR) is 70.8 cm³/mol. The molecule has 1 aromatic rings. The van der Waals surface area contributed by atoms with E-state index in [2.05, 4.69) is 0 Å². The van der Waals surface area contributed by atoms with Crippen molar-refractivity contribution in [2.75, 3.05) is 19.0 Å². The standard InChI is InChI=1S/C13H14Cl2FNO/c14-8-9-3-5-17(6-4-9)13(18)11-2-1-10(15)7-12(11)16/h1-2,7,9H,3-6,8H2. The second-order valence-corrected chi connectivity index (χ2v) is 5.26. The number of hydrogen-bond acceptors (Lipinski definition) is 1. The van der Waals surface area contributed by atoms with Gasteiger partial charge < -0.3 is 4.90 Å². The quantitative estimate of drug-likeness (QED) is 0.762. The number of likely N-dealkylation sites (tertiary alicyclic amines) is 1. The summed E-state index contributed by atoms with van der Waals surface area (Å²) in [6, 6.07) is 4.14. The number of alkyl halides is 1. The molecular weight excluding hydrogens is 276 g/mol. The van der Waals surface area contributed by atoms with Crippen LogP contribution in [-0.4, -0.2) is 29.8 Å². The minimum atomic E-state index is -0.563. The van der Waals surface area contributed by atoms with Gasteiger partial charge in [0.25, 0.3) is 5.91 Å². The molecule has 18 heavy (non-hydrogen) atoms. The van der Waals surface area contributed by atoms with Gasteiger partial charge in [-0.2, -0.15) is 0 Å². The highest BCUT2D eigenvalue weighted by Gasteiger charge is 2.24. The molecule has 0 atom stereocenters. The van der Waals surface area contributed by atoms with E-state index in [-0.39, 0.29) is 11.5 Å². The Morgan fingerprint density at radius 2 is 2.06 bits per heavy atom. The number of nitrogens with zero attached hydrogens (tertiary/aromatic N) is 1. The van der Waals surface area contributed by atoms with Crippen molar-refractivity contribution in [3.8, 4) is 0 Å². The third-order valence-corrected chi connectivity index (χ3v) is 3.95. The highest BCUT2D eigenvalue weighted by atomic mass is 35.5. The lowest BCUT2D eigenvalue weighted by Crippen LogP contribution is -2.39. The molecule has 1 aliphatic rings. The van der Waals surface area contributed by atoms with Crippen LogP contribution in [0.25, 0.3) is 0 Å². The van der Waals surface area contributed by atoms with Crippen LogP contribution >= 0.6 is 23.2 Å². The van der Waals surface area contributed by atoms with E-state index in [0.29, 0.717) is 29.9 Å². The molecule has 98 valence electrons. The van der Waals surface area contributed by atoms with Gasteiger partial charge in [0.05, 0.1) is 5.56 Å². The Bertz CT molecular complexity index is 445. The largest absolute Gasteiger partial charge is 0.339 e. The van der Waals surface area contributed by atoms with Crippen molar-refractivity contribution in [3.05, 3.63) is 34.6 Å². The number of benzene rings is 1. The fraction of sp³-hybridized carbons (Fsp3) is 0.462. The smallest absolute Gasteiger partial charge is 0.256 e. The maximum atomic E-state index is 13.6. The molecule has 1 saturated heterocycles. The maximum absolute atomic E-state index is 13.6. The van der Waals surface area contributed by atoms with E-state index in [0.717, 1.165) is 12.8 Å². The second-order valence-electron chi connectivity index (χ2n) is 4.51. The molecule has 2 nitrogen and oxygen atoms in total. The topological polar surface area (TPSA) is 20.3 Å². The number of hydrogen-bond donors (Lipinski definition) is 0. The molecule has 0 aromatic heterocycles. The van der Waals surface area contributed by atoms with Gasteiger partial charge in [-0.1, -0.05) is 11.6 Å². The van der Waals surface area contributed by atoms with E-state index in [4.69, 9.17) is 23.2 Å². The molecule has 0 N–H and O–H groups in total. The third-order valence-electron chi connectivity index (χ3n) is 3.28. The van der Waals surface area contributed by atoms with E-state index < -0.39 is 5.82 Å². The van der Waals surface area contributed by atoms with Gasteiger partial charge in [0.2, 0.25) is 0 Å². The summed E-state index contributed by atoms with van der Waals surface area (Å²) in [7, 11) is 0. The Balaban J connectivity index is 2.08. The van der Waals surface area contributed by atoms with Crippen LogP contribution in [0, 0.1) is 11.7 Å². The lowest BCUT2D eigenvalue weighted by molar-refractivity contribution is 0.0693. The van der Waals surface area contributed by atoms with Crippen LogP contribution in [0.2, 0.25) is 5.02 Å². The minimum Gasteiger partial charge on any atom is -0.339 e. The summed E-state index contributed by atoms with van der Waals surface area (Å²) in [6.45, 7) is 1.27. The molecule has 0 spiro atoms. The van der Waals surface area contributed by atoms with E-state index in [1.54, 1.807) is 4.90 Å².